The molecule has 0 aliphatic rings. The van der Waals surface area contributed by atoms with Crippen molar-refractivity contribution in [2.45, 2.75) is 12.8 Å². The van der Waals surface area contributed by atoms with E-state index in [1.165, 1.54) is 0 Å². The molecule has 0 spiro atoms. The maximum atomic E-state index is 7.06. The van der Waals surface area contributed by atoms with Crippen LogP contribution in [0.3, 0.4) is 0 Å². The van der Waals surface area contributed by atoms with Gasteiger partial charge in [-0.15, -0.1) is 0 Å². The van der Waals surface area contributed by atoms with Crippen LogP contribution >= 0.6 is 0 Å². The topological polar surface area (TPSA) is 75.9 Å². The Morgan fingerprint density at radius 1 is 1.38 bits per heavy atom. The quantitative estimate of drug-likeness (QED) is 0.440. The van der Waals surface area contributed by atoms with Gasteiger partial charge in [0.15, 0.2) is 0 Å². The van der Waals surface area contributed by atoms with Gasteiger partial charge in [0, 0.05) is 12.3 Å². The predicted molar refractivity (Wildman–Crippen MR) is 35.1 cm³/mol. The molecule has 0 heterocycles. The van der Waals surface area contributed by atoms with Crippen LogP contribution < -0.4 is 11.5 Å². The van der Waals surface area contributed by atoms with Gasteiger partial charge in [-0.2, -0.15) is 0 Å². The van der Waals surface area contributed by atoms with E-state index < -0.39 is 0 Å². The highest BCUT2D eigenvalue weighted by molar-refractivity contribution is 5.82. The van der Waals surface area contributed by atoms with Crippen molar-refractivity contribution in [1.29, 1.82) is 5.41 Å². The highest BCUT2D eigenvalue weighted by Gasteiger charge is 1.89. The molecule has 0 saturated heterocycles. The van der Waals surface area contributed by atoms with Crippen molar-refractivity contribution in [3.05, 3.63) is 0 Å². The third kappa shape index (κ3) is 3.77. The molecule has 0 atom stereocenters. The monoisotopic (exact) mass is 115 g/mol. The minimum Gasteiger partial charge on any atom is -0.330 e. The molecule has 0 aromatic rings. The van der Waals surface area contributed by atoms with Crippen molar-refractivity contribution in [3.8, 4) is 0 Å². The lowest BCUT2D eigenvalue weighted by atomic mass is 10.2. The van der Waals surface area contributed by atoms with Gasteiger partial charge in [0.2, 0.25) is 0 Å². The van der Waals surface area contributed by atoms with Crippen LogP contribution in [0, 0.1) is 5.41 Å². The number of hydrogen-bond acceptors (Lipinski definition) is 3. The molecule has 0 saturated carbocycles. The van der Waals surface area contributed by atoms with Crippen molar-refractivity contribution in [2.24, 2.45) is 11.5 Å². The fourth-order valence-corrected chi connectivity index (χ4v) is 0.418. The third-order valence-electron chi connectivity index (χ3n) is 0.929. The van der Waals surface area contributed by atoms with E-state index in [1.807, 2.05) is 0 Å². The molecule has 0 amide bonds. The van der Waals surface area contributed by atoms with Crippen molar-refractivity contribution in [3.63, 3.8) is 0 Å². The lowest BCUT2D eigenvalue weighted by Crippen LogP contribution is -2.13. The summed E-state index contributed by atoms with van der Waals surface area (Å²) in [5.74, 6) is 0. The molecule has 0 rings (SSSR count). The van der Waals surface area contributed by atoms with Crippen molar-refractivity contribution in [2.75, 3.05) is 13.1 Å². The zero-order valence-electron chi connectivity index (χ0n) is 4.98. The van der Waals surface area contributed by atoms with E-state index in [0.29, 0.717) is 18.8 Å². The van der Waals surface area contributed by atoms with Gasteiger partial charge >= 0.3 is 0 Å². The molecular weight excluding hydrogens is 102 g/mol. The number of hydrogen-bond donors (Lipinski definition) is 3. The summed E-state index contributed by atoms with van der Waals surface area (Å²) in [6, 6.07) is 0. The first-order valence-electron chi connectivity index (χ1n) is 2.77. The SMILES string of the molecule is N=C(CN)CCCN. The Morgan fingerprint density at radius 2 is 2.00 bits per heavy atom. The molecule has 0 bridgehead atoms. The second-order valence-electron chi connectivity index (χ2n) is 1.70. The predicted octanol–water partition coefficient (Wildman–Crippen LogP) is -0.296. The maximum absolute atomic E-state index is 7.06. The summed E-state index contributed by atoms with van der Waals surface area (Å²) in [4.78, 5) is 0. The Kier molecular flexibility index (Phi) is 4.50. The fraction of sp³-hybridized carbons (Fsp3) is 0.800. The Balaban J connectivity index is 2.99. The Morgan fingerprint density at radius 3 is 2.38 bits per heavy atom. The second-order valence-corrected chi connectivity index (χ2v) is 1.70. The normalized spacial score (nSPS) is 9.25. The smallest absolute Gasteiger partial charge is 0.0307 e. The van der Waals surface area contributed by atoms with Crippen LogP contribution in [0.25, 0.3) is 0 Å². The van der Waals surface area contributed by atoms with Crippen LogP contribution in [-0.2, 0) is 0 Å². The molecule has 8 heavy (non-hydrogen) atoms. The Hall–Kier alpha value is -0.410. The van der Waals surface area contributed by atoms with Gasteiger partial charge in [-0.25, -0.2) is 0 Å². The van der Waals surface area contributed by atoms with Gasteiger partial charge in [-0.05, 0) is 19.4 Å². The van der Waals surface area contributed by atoms with Crippen molar-refractivity contribution >= 4 is 5.71 Å². The molecular formula is C5H13N3. The number of rotatable bonds is 4. The molecule has 0 fully saturated rings. The lowest BCUT2D eigenvalue weighted by Gasteiger charge is -1.95. The average Bonchev–Trinajstić information content (AvgIpc) is 1.83. The van der Waals surface area contributed by atoms with Gasteiger partial charge in [0.05, 0.1) is 0 Å². The van der Waals surface area contributed by atoms with E-state index in [9.17, 15) is 0 Å². The standard InChI is InChI=1S/C5H13N3/c6-3-1-2-5(8)4-7/h8H,1-4,6-7H2. The number of nitrogens with one attached hydrogen (secondary N) is 1. The Bertz CT molecular complexity index is 70.1. The van der Waals surface area contributed by atoms with E-state index in [0.717, 1.165) is 12.8 Å². The first-order chi connectivity index (χ1) is 3.81. The molecule has 5 N–H and O–H groups in total. The summed E-state index contributed by atoms with van der Waals surface area (Å²) < 4.78 is 0. The van der Waals surface area contributed by atoms with Crippen LogP contribution in [0.2, 0.25) is 0 Å². The molecule has 3 heteroatoms. The second kappa shape index (κ2) is 4.74. The van der Waals surface area contributed by atoms with Crippen molar-refractivity contribution < 1.29 is 0 Å². The highest BCUT2D eigenvalue weighted by atomic mass is 14.6. The van der Waals surface area contributed by atoms with E-state index in [4.69, 9.17) is 16.9 Å². The van der Waals surface area contributed by atoms with Crippen LogP contribution in [0.4, 0.5) is 0 Å². The van der Waals surface area contributed by atoms with Crippen LogP contribution in [0.15, 0.2) is 0 Å². The third-order valence-corrected chi connectivity index (χ3v) is 0.929. The summed E-state index contributed by atoms with van der Waals surface area (Å²) in [6.45, 7) is 1.03. The van der Waals surface area contributed by atoms with E-state index >= 15 is 0 Å². The van der Waals surface area contributed by atoms with Crippen LogP contribution in [0.5, 0.6) is 0 Å². The van der Waals surface area contributed by atoms with E-state index in [1.54, 1.807) is 0 Å². The van der Waals surface area contributed by atoms with E-state index in [2.05, 4.69) is 0 Å². The fourth-order valence-electron chi connectivity index (χ4n) is 0.418. The van der Waals surface area contributed by atoms with Gasteiger partial charge in [-0.3, -0.25) is 0 Å². The first kappa shape index (κ1) is 7.59. The largest absolute Gasteiger partial charge is 0.330 e. The van der Waals surface area contributed by atoms with Crippen LogP contribution in [-0.4, -0.2) is 18.8 Å². The van der Waals surface area contributed by atoms with E-state index in [-0.39, 0.29) is 0 Å². The molecule has 0 unspecified atom stereocenters. The summed E-state index contributed by atoms with van der Waals surface area (Å²) in [5, 5.41) is 7.06. The summed E-state index contributed by atoms with van der Waals surface area (Å²) in [6.07, 6.45) is 1.64. The molecule has 0 aromatic carbocycles. The molecule has 48 valence electrons. The minimum atomic E-state index is 0.375. The van der Waals surface area contributed by atoms with Crippen LogP contribution in [0.1, 0.15) is 12.8 Å². The summed E-state index contributed by atoms with van der Waals surface area (Å²) in [7, 11) is 0. The van der Waals surface area contributed by atoms with Gasteiger partial charge in [0.25, 0.3) is 0 Å². The molecule has 0 aromatic heterocycles. The molecule has 0 aliphatic carbocycles. The summed E-state index contributed by atoms with van der Waals surface area (Å²) in [5.41, 5.74) is 10.9. The Labute approximate surface area is 49.6 Å². The van der Waals surface area contributed by atoms with Crippen molar-refractivity contribution in [1.82, 2.24) is 0 Å². The maximum Gasteiger partial charge on any atom is 0.0307 e. The molecule has 3 nitrogen and oxygen atoms in total. The summed E-state index contributed by atoms with van der Waals surface area (Å²) >= 11 is 0. The number of nitrogens with two attached hydrogens (primary N) is 2. The zero-order chi connectivity index (χ0) is 6.41. The molecule has 0 aliphatic heterocycles. The van der Waals surface area contributed by atoms with Gasteiger partial charge < -0.3 is 16.9 Å². The average molecular weight is 115 g/mol. The van der Waals surface area contributed by atoms with Gasteiger partial charge in [-0.1, -0.05) is 0 Å². The minimum absolute atomic E-state index is 0.375. The molecule has 0 radical (unpaired) electrons. The first-order valence-corrected chi connectivity index (χ1v) is 2.77. The van der Waals surface area contributed by atoms with Gasteiger partial charge in [0.1, 0.15) is 0 Å². The lowest BCUT2D eigenvalue weighted by molar-refractivity contribution is 0.865. The highest BCUT2D eigenvalue weighted by Crippen LogP contribution is 1.85. The zero-order valence-corrected chi connectivity index (χ0v) is 4.98.